The topological polar surface area (TPSA) is 55.4 Å². The van der Waals surface area contributed by atoms with Crippen LogP contribution in [0.1, 0.15) is 0 Å². The molecule has 112 valence electrons. The van der Waals surface area contributed by atoms with Crippen LogP contribution in [0.5, 0.6) is 5.75 Å². The maximum atomic E-state index is 13.4. The van der Waals surface area contributed by atoms with Crippen LogP contribution in [-0.4, -0.2) is 15.5 Å². The van der Waals surface area contributed by atoms with Gasteiger partial charge in [0.25, 0.3) is 10.0 Å². The monoisotopic (exact) mass is 393 g/mol. The van der Waals surface area contributed by atoms with E-state index in [1.165, 1.54) is 31.4 Å². The smallest absolute Gasteiger partial charge is 0.262 e. The number of methoxy groups -OCH3 is 1. The zero-order valence-corrected chi connectivity index (χ0v) is 13.9. The van der Waals surface area contributed by atoms with Gasteiger partial charge in [0, 0.05) is 11.1 Å². The van der Waals surface area contributed by atoms with Gasteiger partial charge in [0.05, 0.1) is 22.2 Å². The predicted molar refractivity (Wildman–Crippen MR) is 82.9 cm³/mol. The average Bonchev–Trinajstić information content (AvgIpc) is 2.37. The van der Waals surface area contributed by atoms with Crippen molar-refractivity contribution >= 4 is 43.2 Å². The van der Waals surface area contributed by atoms with Crippen molar-refractivity contribution in [1.29, 1.82) is 0 Å². The fourth-order valence-corrected chi connectivity index (χ4v) is 3.63. The van der Waals surface area contributed by atoms with Crippen molar-refractivity contribution in [2.24, 2.45) is 0 Å². The highest BCUT2D eigenvalue weighted by Crippen LogP contribution is 2.35. The molecule has 0 saturated carbocycles. The molecule has 2 aromatic rings. The van der Waals surface area contributed by atoms with Crippen LogP contribution in [0.4, 0.5) is 10.1 Å². The van der Waals surface area contributed by atoms with E-state index in [0.29, 0.717) is 4.47 Å². The van der Waals surface area contributed by atoms with Crippen LogP contribution >= 0.6 is 27.5 Å². The summed E-state index contributed by atoms with van der Waals surface area (Å²) in [7, 11) is -2.55. The minimum atomic E-state index is -3.90. The SMILES string of the molecule is COc1c(Br)cc(F)cc1NS(=O)(=O)c1cccc(Cl)c1. The molecule has 0 fully saturated rings. The van der Waals surface area contributed by atoms with Gasteiger partial charge in [0.15, 0.2) is 5.75 Å². The van der Waals surface area contributed by atoms with E-state index < -0.39 is 15.8 Å². The van der Waals surface area contributed by atoms with E-state index in [1.54, 1.807) is 6.07 Å². The zero-order chi connectivity index (χ0) is 15.6. The molecule has 0 amide bonds. The average molecular weight is 395 g/mol. The van der Waals surface area contributed by atoms with Gasteiger partial charge in [-0.25, -0.2) is 12.8 Å². The predicted octanol–water partition coefficient (Wildman–Crippen LogP) is 4.05. The fourth-order valence-electron chi connectivity index (χ4n) is 1.68. The Balaban J connectivity index is 2.46. The second-order valence-electron chi connectivity index (χ2n) is 4.03. The standard InChI is InChI=1S/C13H10BrClFNO3S/c1-20-13-11(14)6-9(16)7-12(13)17-21(18,19)10-4-2-3-8(15)5-10/h2-7,17H,1H3. The zero-order valence-electron chi connectivity index (χ0n) is 10.7. The van der Waals surface area contributed by atoms with E-state index in [9.17, 15) is 12.8 Å². The summed E-state index contributed by atoms with van der Waals surface area (Å²) in [5, 5.41) is 0.283. The molecule has 8 heteroatoms. The van der Waals surface area contributed by atoms with Crippen LogP contribution < -0.4 is 9.46 Å². The van der Waals surface area contributed by atoms with Crippen molar-refractivity contribution in [3.05, 3.63) is 51.7 Å². The summed E-state index contributed by atoms with van der Waals surface area (Å²) in [5.74, 6) is -0.423. The second-order valence-corrected chi connectivity index (χ2v) is 7.00. The highest BCUT2D eigenvalue weighted by Gasteiger charge is 2.19. The lowest BCUT2D eigenvalue weighted by molar-refractivity contribution is 0.413. The summed E-state index contributed by atoms with van der Waals surface area (Å²) in [6.45, 7) is 0. The summed E-state index contributed by atoms with van der Waals surface area (Å²) < 4.78 is 45.7. The Hall–Kier alpha value is -1.31. The highest BCUT2D eigenvalue weighted by molar-refractivity contribution is 9.10. The number of hydrogen-bond donors (Lipinski definition) is 1. The van der Waals surface area contributed by atoms with Gasteiger partial charge in [0.1, 0.15) is 5.82 Å². The summed E-state index contributed by atoms with van der Waals surface area (Å²) in [5.41, 5.74) is -0.00986. The lowest BCUT2D eigenvalue weighted by atomic mass is 10.3. The Bertz CT molecular complexity index is 783. The Morgan fingerprint density at radius 3 is 2.62 bits per heavy atom. The van der Waals surface area contributed by atoms with E-state index in [2.05, 4.69) is 20.7 Å². The van der Waals surface area contributed by atoms with Gasteiger partial charge in [-0.15, -0.1) is 0 Å². The van der Waals surface area contributed by atoms with E-state index in [4.69, 9.17) is 16.3 Å². The van der Waals surface area contributed by atoms with Crippen LogP contribution in [-0.2, 0) is 10.0 Å². The number of nitrogens with one attached hydrogen (secondary N) is 1. The van der Waals surface area contributed by atoms with Gasteiger partial charge < -0.3 is 4.74 Å². The van der Waals surface area contributed by atoms with Crippen molar-refractivity contribution in [2.75, 3.05) is 11.8 Å². The van der Waals surface area contributed by atoms with Crippen LogP contribution in [0.2, 0.25) is 5.02 Å². The number of benzene rings is 2. The Labute approximate surface area is 135 Å². The molecule has 2 rings (SSSR count). The maximum absolute atomic E-state index is 13.4. The molecule has 4 nitrogen and oxygen atoms in total. The molecular weight excluding hydrogens is 385 g/mol. The largest absolute Gasteiger partial charge is 0.493 e. The third kappa shape index (κ3) is 3.66. The Kier molecular flexibility index (Phi) is 4.75. The van der Waals surface area contributed by atoms with Crippen LogP contribution in [0.3, 0.4) is 0 Å². The van der Waals surface area contributed by atoms with Crippen molar-refractivity contribution in [2.45, 2.75) is 4.90 Å². The molecule has 0 saturated heterocycles. The van der Waals surface area contributed by atoms with Crippen LogP contribution in [0.25, 0.3) is 0 Å². The molecule has 0 heterocycles. The number of hydrogen-bond acceptors (Lipinski definition) is 3. The van der Waals surface area contributed by atoms with Gasteiger partial charge in [-0.05, 0) is 40.2 Å². The summed E-state index contributed by atoms with van der Waals surface area (Å²) >= 11 is 8.89. The number of sulfonamides is 1. The minimum Gasteiger partial charge on any atom is -0.493 e. The summed E-state index contributed by atoms with van der Waals surface area (Å²) in [4.78, 5) is -0.0302. The molecule has 0 aliphatic rings. The molecule has 1 N–H and O–H groups in total. The van der Waals surface area contributed by atoms with Gasteiger partial charge in [-0.1, -0.05) is 17.7 Å². The second kappa shape index (κ2) is 6.21. The molecule has 2 aromatic carbocycles. The van der Waals surface area contributed by atoms with Gasteiger partial charge >= 0.3 is 0 Å². The third-order valence-corrected chi connectivity index (χ3v) is 4.75. The van der Waals surface area contributed by atoms with Crippen molar-refractivity contribution < 1.29 is 17.5 Å². The molecule has 0 bridgehead atoms. The van der Waals surface area contributed by atoms with Crippen LogP contribution in [0.15, 0.2) is 45.8 Å². The number of ether oxygens (including phenoxy) is 1. The number of rotatable bonds is 4. The first-order valence-corrected chi connectivity index (χ1v) is 8.30. The third-order valence-electron chi connectivity index (χ3n) is 2.56. The van der Waals surface area contributed by atoms with Crippen molar-refractivity contribution in [3.8, 4) is 5.75 Å². The first-order chi connectivity index (χ1) is 9.83. The Morgan fingerprint density at radius 1 is 1.29 bits per heavy atom. The number of halogens is 3. The van der Waals surface area contributed by atoms with Gasteiger partial charge in [-0.3, -0.25) is 4.72 Å². The Morgan fingerprint density at radius 2 is 2.00 bits per heavy atom. The quantitative estimate of drug-likeness (QED) is 0.851. The lowest BCUT2D eigenvalue weighted by Crippen LogP contribution is -2.14. The number of anilines is 1. The highest BCUT2D eigenvalue weighted by atomic mass is 79.9. The fraction of sp³-hybridized carbons (Fsp3) is 0.0769. The molecule has 0 aliphatic heterocycles. The van der Waals surface area contributed by atoms with E-state index >= 15 is 0 Å². The molecule has 0 radical (unpaired) electrons. The van der Waals surface area contributed by atoms with Crippen molar-refractivity contribution in [1.82, 2.24) is 0 Å². The molecular formula is C13H10BrClFNO3S. The van der Waals surface area contributed by atoms with Crippen LogP contribution in [0, 0.1) is 5.82 Å². The van der Waals surface area contributed by atoms with Crippen molar-refractivity contribution in [3.63, 3.8) is 0 Å². The normalized spacial score (nSPS) is 11.2. The molecule has 0 atom stereocenters. The lowest BCUT2D eigenvalue weighted by Gasteiger charge is -2.13. The maximum Gasteiger partial charge on any atom is 0.262 e. The molecule has 0 unspecified atom stereocenters. The summed E-state index contributed by atoms with van der Waals surface area (Å²) in [6.07, 6.45) is 0. The molecule has 0 aromatic heterocycles. The molecule has 21 heavy (non-hydrogen) atoms. The van der Waals surface area contributed by atoms with Gasteiger partial charge in [-0.2, -0.15) is 0 Å². The minimum absolute atomic E-state index is 0.00986. The van der Waals surface area contributed by atoms with Gasteiger partial charge in [0.2, 0.25) is 0 Å². The first kappa shape index (κ1) is 16.1. The van der Waals surface area contributed by atoms with E-state index in [0.717, 1.165) is 6.07 Å². The molecule has 0 aliphatic carbocycles. The summed E-state index contributed by atoms with van der Waals surface area (Å²) in [6, 6.07) is 7.96. The van der Waals surface area contributed by atoms with E-state index in [1.807, 2.05) is 0 Å². The first-order valence-electron chi connectivity index (χ1n) is 5.65. The van der Waals surface area contributed by atoms with E-state index in [-0.39, 0.29) is 21.4 Å². The molecule has 0 spiro atoms.